The van der Waals surface area contributed by atoms with Crippen molar-refractivity contribution in [2.45, 2.75) is 13.0 Å². The Kier molecular flexibility index (Phi) is 7.10. The highest BCUT2D eigenvalue weighted by Crippen LogP contribution is 2.27. The second kappa shape index (κ2) is 9.74. The highest BCUT2D eigenvalue weighted by Gasteiger charge is 2.18. The normalized spacial score (nSPS) is 15.9. The molecule has 1 heterocycles. The highest BCUT2D eigenvalue weighted by molar-refractivity contribution is 6.31. The molecular formula is C21H26ClN3O2. The van der Waals surface area contributed by atoms with E-state index in [2.05, 4.69) is 39.4 Å². The predicted molar refractivity (Wildman–Crippen MR) is 109 cm³/mol. The van der Waals surface area contributed by atoms with Crippen LogP contribution in [0, 0.1) is 0 Å². The molecule has 1 aliphatic rings. The Hall–Kier alpha value is -2.08. The zero-order valence-electron chi connectivity index (χ0n) is 15.7. The monoisotopic (exact) mass is 387 g/mol. The lowest BCUT2D eigenvalue weighted by atomic mass is 10.2. The largest absolute Gasteiger partial charge is 0.495 e. The maximum absolute atomic E-state index is 12.5. The molecule has 0 unspecified atom stereocenters. The van der Waals surface area contributed by atoms with Gasteiger partial charge in [0, 0.05) is 24.7 Å². The van der Waals surface area contributed by atoms with E-state index in [1.165, 1.54) is 5.56 Å². The zero-order chi connectivity index (χ0) is 19.1. The van der Waals surface area contributed by atoms with Gasteiger partial charge < -0.3 is 10.1 Å². The second-order valence-electron chi connectivity index (χ2n) is 6.78. The number of rotatable bonds is 6. The fraction of sp³-hybridized carbons (Fsp3) is 0.381. The van der Waals surface area contributed by atoms with E-state index in [0.717, 1.165) is 39.1 Å². The van der Waals surface area contributed by atoms with Crippen molar-refractivity contribution in [2.75, 3.05) is 45.2 Å². The number of methoxy groups -OCH3 is 1. The number of halogens is 1. The van der Waals surface area contributed by atoms with Gasteiger partial charge in [-0.1, -0.05) is 41.9 Å². The lowest BCUT2D eigenvalue weighted by Crippen LogP contribution is -2.36. The number of carbonyl (C=O) groups excluding carboxylic acids is 1. The van der Waals surface area contributed by atoms with Crippen LogP contribution in [0.5, 0.6) is 5.75 Å². The van der Waals surface area contributed by atoms with Gasteiger partial charge in [-0.2, -0.15) is 0 Å². The van der Waals surface area contributed by atoms with Crippen molar-refractivity contribution in [3.8, 4) is 5.75 Å². The summed E-state index contributed by atoms with van der Waals surface area (Å²) in [4.78, 5) is 17.1. The number of hydrogen-bond acceptors (Lipinski definition) is 4. The SMILES string of the molecule is COc1ccc(Cl)cc1NC(=O)CN1CCCN(Cc2ccccc2)CC1. The van der Waals surface area contributed by atoms with Crippen molar-refractivity contribution >= 4 is 23.2 Å². The summed E-state index contributed by atoms with van der Waals surface area (Å²) >= 11 is 6.03. The molecule has 1 aliphatic heterocycles. The van der Waals surface area contributed by atoms with Gasteiger partial charge in [-0.25, -0.2) is 0 Å². The van der Waals surface area contributed by atoms with Gasteiger partial charge in [0.15, 0.2) is 0 Å². The molecule has 0 radical (unpaired) electrons. The smallest absolute Gasteiger partial charge is 0.238 e. The molecule has 0 bridgehead atoms. The Morgan fingerprint density at radius 3 is 2.59 bits per heavy atom. The minimum Gasteiger partial charge on any atom is -0.495 e. The molecule has 0 saturated carbocycles. The van der Waals surface area contributed by atoms with Gasteiger partial charge >= 0.3 is 0 Å². The minimum absolute atomic E-state index is 0.0490. The van der Waals surface area contributed by atoms with Gasteiger partial charge in [0.2, 0.25) is 5.91 Å². The lowest BCUT2D eigenvalue weighted by molar-refractivity contribution is -0.117. The molecule has 2 aromatic rings. The van der Waals surface area contributed by atoms with E-state index >= 15 is 0 Å². The first-order chi connectivity index (χ1) is 13.1. The number of carbonyl (C=O) groups is 1. The van der Waals surface area contributed by atoms with Crippen LogP contribution < -0.4 is 10.1 Å². The molecule has 27 heavy (non-hydrogen) atoms. The summed E-state index contributed by atoms with van der Waals surface area (Å²) in [7, 11) is 1.58. The molecule has 0 aromatic heterocycles. The topological polar surface area (TPSA) is 44.8 Å². The van der Waals surface area contributed by atoms with E-state index < -0.39 is 0 Å². The average Bonchev–Trinajstić information content (AvgIpc) is 2.88. The first-order valence-corrected chi connectivity index (χ1v) is 9.64. The number of hydrogen-bond donors (Lipinski definition) is 1. The molecule has 3 rings (SSSR count). The van der Waals surface area contributed by atoms with E-state index in [1.807, 2.05) is 6.07 Å². The molecule has 0 spiro atoms. The van der Waals surface area contributed by atoms with Gasteiger partial charge in [0.25, 0.3) is 0 Å². The fourth-order valence-corrected chi connectivity index (χ4v) is 3.53. The Morgan fingerprint density at radius 2 is 1.81 bits per heavy atom. The minimum atomic E-state index is -0.0490. The molecule has 1 saturated heterocycles. The Morgan fingerprint density at radius 1 is 1.07 bits per heavy atom. The third-order valence-corrected chi connectivity index (χ3v) is 4.97. The quantitative estimate of drug-likeness (QED) is 0.824. The van der Waals surface area contributed by atoms with Crippen molar-refractivity contribution in [3.05, 3.63) is 59.1 Å². The molecule has 1 amide bonds. The molecule has 0 atom stereocenters. The van der Waals surface area contributed by atoms with Crippen molar-refractivity contribution < 1.29 is 9.53 Å². The fourth-order valence-electron chi connectivity index (χ4n) is 3.35. The van der Waals surface area contributed by atoms with E-state index in [-0.39, 0.29) is 5.91 Å². The zero-order valence-corrected chi connectivity index (χ0v) is 16.4. The maximum Gasteiger partial charge on any atom is 0.238 e. The van der Waals surface area contributed by atoms with Gasteiger partial charge in [0.1, 0.15) is 5.75 Å². The molecule has 6 heteroatoms. The van der Waals surface area contributed by atoms with Gasteiger partial charge in [-0.05, 0) is 43.3 Å². The molecule has 2 aromatic carbocycles. The maximum atomic E-state index is 12.5. The lowest BCUT2D eigenvalue weighted by Gasteiger charge is -2.21. The van der Waals surface area contributed by atoms with E-state index in [0.29, 0.717) is 23.0 Å². The summed E-state index contributed by atoms with van der Waals surface area (Å²) in [5, 5.41) is 3.48. The standard InChI is InChI=1S/C21H26ClN3O2/c1-27-20-9-8-18(22)14-19(20)23-21(26)16-25-11-5-10-24(12-13-25)15-17-6-3-2-4-7-17/h2-4,6-9,14H,5,10-13,15-16H2,1H3,(H,23,26). The summed E-state index contributed by atoms with van der Waals surface area (Å²) in [6, 6.07) is 15.7. The summed E-state index contributed by atoms with van der Waals surface area (Å²) in [6.45, 7) is 5.14. The summed E-state index contributed by atoms with van der Waals surface area (Å²) in [5.41, 5.74) is 1.94. The van der Waals surface area contributed by atoms with Gasteiger partial charge in [-0.3, -0.25) is 14.6 Å². The van der Waals surface area contributed by atoms with Crippen molar-refractivity contribution in [1.82, 2.24) is 9.80 Å². The average molecular weight is 388 g/mol. The Bertz CT molecular complexity index is 754. The van der Waals surface area contributed by atoms with Crippen molar-refractivity contribution in [1.29, 1.82) is 0 Å². The van der Waals surface area contributed by atoms with E-state index in [9.17, 15) is 4.79 Å². The van der Waals surface area contributed by atoms with E-state index in [4.69, 9.17) is 16.3 Å². The molecular weight excluding hydrogens is 362 g/mol. The number of amides is 1. The van der Waals surface area contributed by atoms with Crippen LogP contribution in [0.25, 0.3) is 0 Å². The third kappa shape index (κ3) is 5.96. The van der Waals surface area contributed by atoms with Gasteiger partial charge in [0.05, 0.1) is 19.3 Å². The van der Waals surface area contributed by atoms with Gasteiger partial charge in [-0.15, -0.1) is 0 Å². The number of anilines is 1. The number of nitrogens with zero attached hydrogens (tertiary/aromatic N) is 2. The molecule has 1 N–H and O–H groups in total. The van der Waals surface area contributed by atoms with Crippen LogP contribution in [0.15, 0.2) is 48.5 Å². The molecule has 0 aliphatic carbocycles. The Labute approximate surface area is 165 Å². The van der Waals surface area contributed by atoms with Crippen molar-refractivity contribution in [2.24, 2.45) is 0 Å². The number of benzene rings is 2. The third-order valence-electron chi connectivity index (χ3n) is 4.73. The van der Waals surface area contributed by atoms with Crippen LogP contribution in [-0.2, 0) is 11.3 Å². The summed E-state index contributed by atoms with van der Waals surface area (Å²) < 4.78 is 5.29. The van der Waals surface area contributed by atoms with Crippen LogP contribution >= 0.6 is 11.6 Å². The Balaban J connectivity index is 1.51. The number of ether oxygens (including phenoxy) is 1. The highest BCUT2D eigenvalue weighted by atomic mass is 35.5. The molecule has 5 nitrogen and oxygen atoms in total. The van der Waals surface area contributed by atoms with E-state index in [1.54, 1.807) is 25.3 Å². The van der Waals surface area contributed by atoms with Crippen LogP contribution in [0.2, 0.25) is 5.02 Å². The first kappa shape index (κ1) is 19.7. The molecule has 1 fully saturated rings. The van der Waals surface area contributed by atoms with Crippen LogP contribution in [-0.4, -0.2) is 55.5 Å². The van der Waals surface area contributed by atoms with Crippen LogP contribution in [0.3, 0.4) is 0 Å². The van der Waals surface area contributed by atoms with Crippen LogP contribution in [0.4, 0.5) is 5.69 Å². The first-order valence-electron chi connectivity index (χ1n) is 9.26. The predicted octanol–water partition coefficient (Wildman–Crippen LogP) is 3.50. The summed E-state index contributed by atoms with van der Waals surface area (Å²) in [6.07, 6.45) is 1.06. The van der Waals surface area contributed by atoms with Crippen LogP contribution in [0.1, 0.15) is 12.0 Å². The second-order valence-corrected chi connectivity index (χ2v) is 7.22. The van der Waals surface area contributed by atoms with Crippen molar-refractivity contribution in [3.63, 3.8) is 0 Å². The summed E-state index contributed by atoms with van der Waals surface area (Å²) in [5.74, 6) is 0.560. The molecule has 144 valence electrons. The number of nitrogens with one attached hydrogen (secondary N) is 1.